The van der Waals surface area contributed by atoms with Gasteiger partial charge in [0.05, 0.1) is 11.9 Å². The number of hydrogen-bond donors (Lipinski definition) is 1. The predicted molar refractivity (Wildman–Crippen MR) is 92.5 cm³/mol. The average molecular weight is 342 g/mol. The number of aryl methyl sites for hydroxylation is 1. The first-order valence-electron chi connectivity index (χ1n) is 7.54. The van der Waals surface area contributed by atoms with Crippen molar-refractivity contribution in [2.75, 3.05) is 0 Å². The lowest BCUT2D eigenvalue weighted by molar-refractivity contribution is 0.0990. The Morgan fingerprint density at radius 1 is 1.29 bits per heavy atom. The van der Waals surface area contributed by atoms with Gasteiger partial charge in [0, 0.05) is 18.6 Å². The maximum atomic E-state index is 12.3. The summed E-state index contributed by atoms with van der Waals surface area (Å²) in [6, 6.07) is 7.84. The molecule has 1 amide bonds. The first-order chi connectivity index (χ1) is 11.5. The lowest BCUT2D eigenvalue weighted by Crippen LogP contribution is -2.13. The number of benzene rings is 1. The fraction of sp³-hybridized carbons (Fsp3) is 0.235. The number of amides is 1. The summed E-state index contributed by atoms with van der Waals surface area (Å²) < 4.78 is 3.22. The van der Waals surface area contributed by atoms with E-state index in [2.05, 4.69) is 23.9 Å². The molecule has 124 valence electrons. The summed E-state index contributed by atoms with van der Waals surface area (Å²) in [5.41, 5.74) is 1.93. The maximum absolute atomic E-state index is 12.3. The van der Waals surface area contributed by atoms with E-state index in [1.54, 1.807) is 11.6 Å². The Hall–Kier alpha value is -2.67. The Kier molecular flexibility index (Phi) is 4.35. The van der Waals surface area contributed by atoms with Crippen molar-refractivity contribution in [3.63, 3.8) is 0 Å². The minimum Gasteiger partial charge on any atom is -0.504 e. The third-order valence-electron chi connectivity index (χ3n) is 3.68. The highest BCUT2D eigenvalue weighted by Crippen LogP contribution is 2.21. The number of aromatic nitrogens is 3. The first-order valence-corrected chi connectivity index (χ1v) is 8.42. The summed E-state index contributed by atoms with van der Waals surface area (Å²) in [7, 11) is 1.80. The average Bonchev–Trinajstić information content (AvgIpc) is 3.14. The van der Waals surface area contributed by atoms with Crippen molar-refractivity contribution in [2.45, 2.75) is 19.8 Å². The molecular weight excluding hydrogens is 324 g/mol. The summed E-state index contributed by atoms with van der Waals surface area (Å²) >= 11 is 1.35. The normalized spacial score (nSPS) is 12.1. The lowest BCUT2D eigenvalue weighted by Gasteiger charge is -2.06. The van der Waals surface area contributed by atoms with Gasteiger partial charge in [0.15, 0.2) is 16.2 Å². The highest BCUT2D eigenvalue weighted by atomic mass is 32.1. The fourth-order valence-corrected chi connectivity index (χ4v) is 2.96. The Labute approximate surface area is 143 Å². The highest BCUT2D eigenvalue weighted by molar-refractivity contribution is 7.07. The summed E-state index contributed by atoms with van der Waals surface area (Å²) in [4.78, 5) is 16.8. The van der Waals surface area contributed by atoms with Gasteiger partial charge in [-0.3, -0.25) is 4.79 Å². The lowest BCUT2D eigenvalue weighted by atomic mass is 10.0. The van der Waals surface area contributed by atoms with Gasteiger partial charge >= 0.3 is 5.91 Å². The quantitative estimate of drug-likeness (QED) is 0.795. The van der Waals surface area contributed by atoms with Gasteiger partial charge in [-0.25, -0.2) is 4.68 Å². The molecule has 0 atom stereocenters. The van der Waals surface area contributed by atoms with Crippen LogP contribution >= 0.6 is 11.3 Å². The molecule has 24 heavy (non-hydrogen) atoms. The zero-order valence-electron chi connectivity index (χ0n) is 13.7. The van der Waals surface area contributed by atoms with Gasteiger partial charge in [0.25, 0.3) is 0 Å². The van der Waals surface area contributed by atoms with Crippen LogP contribution in [0.25, 0.3) is 5.69 Å². The number of aromatic hydroxyl groups is 1. The van der Waals surface area contributed by atoms with E-state index in [1.807, 2.05) is 35.8 Å². The second kappa shape index (κ2) is 6.45. The number of hydrogen-bond acceptors (Lipinski definition) is 4. The number of rotatable bonds is 3. The third-order valence-corrected chi connectivity index (χ3v) is 4.53. The minimum atomic E-state index is -0.567. The second-order valence-electron chi connectivity index (χ2n) is 5.77. The van der Waals surface area contributed by atoms with E-state index >= 15 is 0 Å². The van der Waals surface area contributed by atoms with E-state index in [1.165, 1.54) is 27.8 Å². The van der Waals surface area contributed by atoms with Gasteiger partial charge in [0.1, 0.15) is 0 Å². The van der Waals surface area contributed by atoms with Crippen LogP contribution in [0.4, 0.5) is 0 Å². The molecule has 2 aromatic heterocycles. The van der Waals surface area contributed by atoms with E-state index < -0.39 is 5.91 Å². The van der Waals surface area contributed by atoms with Gasteiger partial charge in [-0.05, 0) is 23.6 Å². The van der Waals surface area contributed by atoms with Crippen molar-refractivity contribution in [1.29, 1.82) is 0 Å². The van der Waals surface area contributed by atoms with Gasteiger partial charge in [-0.15, -0.1) is 11.3 Å². The van der Waals surface area contributed by atoms with E-state index in [-0.39, 0.29) is 11.4 Å². The summed E-state index contributed by atoms with van der Waals surface area (Å²) in [6.45, 7) is 4.25. The number of thiazole rings is 1. The number of nitrogens with zero attached hydrogens (tertiary/aromatic N) is 4. The smallest absolute Gasteiger partial charge is 0.304 e. The molecule has 0 bridgehead atoms. The molecule has 0 saturated carbocycles. The molecule has 6 nitrogen and oxygen atoms in total. The van der Waals surface area contributed by atoms with Gasteiger partial charge in [0.2, 0.25) is 0 Å². The molecular formula is C17H18N4O2S. The van der Waals surface area contributed by atoms with Gasteiger partial charge in [-0.2, -0.15) is 10.1 Å². The van der Waals surface area contributed by atoms with Crippen LogP contribution in [-0.2, 0) is 7.05 Å². The monoisotopic (exact) mass is 342 g/mol. The fourth-order valence-electron chi connectivity index (χ4n) is 2.24. The molecule has 2 heterocycles. The second-order valence-corrected chi connectivity index (χ2v) is 6.64. The number of carbonyl (C=O) groups excluding carboxylic acids is 1. The van der Waals surface area contributed by atoms with E-state index in [9.17, 15) is 9.90 Å². The van der Waals surface area contributed by atoms with Crippen LogP contribution in [0.2, 0.25) is 0 Å². The summed E-state index contributed by atoms with van der Waals surface area (Å²) in [5.74, 6) is -0.313. The van der Waals surface area contributed by atoms with Crippen LogP contribution in [0, 0.1) is 0 Å². The van der Waals surface area contributed by atoms with Crippen LogP contribution in [0.1, 0.15) is 35.8 Å². The van der Waals surface area contributed by atoms with E-state index in [0.29, 0.717) is 10.7 Å². The molecule has 0 aliphatic carbocycles. The van der Waals surface area contributed by atoms with Crippen LogP contribution in [-0.4, -0.2) is 25.4 Å². The highest BCUT2D eigenvalue weighted by Gasteiger charge is 2.17. The maximum Gasteiger partial charge on any atom is 0.304 e. The molecule has 0 fully saturated rings. The standard InChI is InChI=1S/C17H18N4O2S/c1-11(2)12-4-6-13(7-5-12)21-10-14(22)15(19-21)16(23)18-17-20(3)8-9-24-17/h4-11,22H,1-3H3. The zero-order chi connectivity index (χ0) is 17.3. The predicted octanol–water partition coefficient (Wildman–Crippen LogP) is 2.84. The van der Waals surface area contributed by atoms with E-state index in [0.717, 1.165) is 5.69 Å². The molecule has 0 aliphatic heterocycles. The van der Waals surface area contributed by atoms with Crippen LogP contribution < -0.4 is 4.80 Å². The Morgan fingerprint density at radius 2 is 2.00 bits per heavy atom. The van der Waals surface area contributed by atoms with Crippen molar-refractivity contribution in [2.24, 2.45) is 12.0 Å². The molecule has 3 aromatic rings. The minimum absolute atomic E-state index is 0.0589. The molecule has 1 aromatic carbocycles. The van der Waals surface area contributed by atoms with Crippen molar-refractivity contribution in [3.8, 4) is 11.4 Å². The van der Waals surface area contributed by atoms with Gasteiger partial charge < -0.3 is 9.67 Å². The molecule has 0 spiro atoms. The molecule has 0 aliphatic rings. The molecule has 0 unspecified atom stereocenters. The Balaban J connectivity index is 1.93. The van der Waals surface area contributed by atoms with Crippen LogP contribution in [0.15, 0.2) is 47.0 Å². The largest absolute Gasteiger partial charge is 0.504 e. The summed E-state index contributed by atoms with van der Waals surface area (Å²) in [6.07, 6.45) is 3.23. The molecule has 3 rings (SSSR count). The zero-order valence-corrected chi connectivity index (χ0v) is 14.5. The van der Waals surface area contributed by atoms with Crippen LogP contribution in [0.3, 0.4) is 0 Å². The molecule has 0 saturated heterocycles. The van der Waals surface area contributed by atoms with Gasteiger partial charge in [-0.1, -0.05) is 26.0 Å². The SMILES string of the molecule is CC(C)c1ccc(-n2cc(O)c(C(=O)N=c3sccn3C)n2)cc1. The third kappa shape index (κ3) is 3.16. The van der Waals surface area contributed by atoms with Crippen molar-refractivity contribution in [1.82, 2.24) is 14.3 Å². The summed E-state index contributed by atoms with van der Waals surface area (Å²) in [5, 5.41) is 16.1. The molecule has 7 heteroatoms. The van der Waals surface area contributed by atoms with Crippen molar-refractivity contribution in [3.05, 3.63) is 58.1 Å². The van der Waals surface area contributed by atoms with Crippen molar-refractivity contribution >= 4 is 17.2 Å². The molecule has 0 radical (unpaired) electrons. The molecule has 1 N–H and O–H groups in total. The van der Waals surface area contributed by atoms with E-state index in [4.69, 9.17) is 0 Å². The Morgan fingerprint density at radius 3 is 2.58 bits per heavy atom. The number of carbonyl (C=O) groups is 1. The van der Waals surface area contributed by atoms with Crippen molar-refractivity contribution < 1.29 is 9.90 Å². The Bertz CT molecular complexity index is 932. The first kappa shape index (κ1) is 16.2. The topological polar surface area (TPSA) is 72.4 Å². The van der Waals surface area contributed by atoms with Crippen LogP contribution in [0.5, 0.6) is 5.75 Å².